The summed E-state index contributed by atoms with van der Waals surface area (Å²) in [6.45, 7) is 8.94. The molecule has 1 aromatic carbocycles. The Kier molecular flexibility index (Phi) is 5.01. The summed E-state index contributed by atoms with van der Waals surface area (Å²) in [5.74, 6) is 0.423. The lowest BCUT2D eigenvalue weighted by Gasteiger charge is -2.15. The molecule has 0 aliphatic rings. The van der Waals surface area contributed by atoms with Crippen molar-refractivity contribution in [2.24, 2.45) is 5.92 Å². The summed E-state index contributed by atoms with van der Waals surface area (Å²) in [7, 11) is 0. The van der Waals surface area contributed by atoms with Gasteiger partial charge in [0, 0.05) is 24.0 Å². The summed E-state index contributed by atoms with van der Waals surface area (Å²) in [4.78, 5) is 12.1. The van der Waals surface area contributed by atoms with Crippen LogP contribution in [0.5, 0.6) is 0 Å². The van der Waals surface area contributed by atoms with Gasteiger partial charge in [0.15, 0.2) is 0 Å². The van der Waals surface area contributed by atoms with Crippen molar-refractivity contribution in [2.45, 2.75) is 33.7 Å². The van der Waals surface area contributed by atoms with Crippen molar-refractivity contribution in [3.05, 3.63) is 23.8 Å². The van der Waals surface area contributed by atoms with Crippen molar-refractivity contribution >= 4 is 17.3 Å². The minimum atomic E-state index is -0.0939. The highest BCUT2D eigenvalue weighted by Crippen LogP contribution is 2.19. The molecule has 0 fully saturated rings. The number of nitrogen functional groups attached to an aromatic ring is 1. The van der Waals surface area contributed by atoms with E-state index >= 15 is 0 Å². The Balaban J connectivity index is 2.92. The molecule has 4 N–H and O–H groups in total. The van der Waals surface area contributed by atoms with E-state index in [9.17, 15) is 4.79 Å². The largest absolute Gasteiger partial charge is 0.399 e. The molecule has 0 saturated heterocycles. The smallest absolute Gasteiger partial charge is 0.253 e. The summed E-state index contributed by atoms with van der Waals surface area (Å²) >= 11 is 0. The Morgan fingerprint density at radius 3 is 2.50 bits per heavy atom. The zero-order chi connectivity index (χ0) is 13.7. The maximum Gasteiger partial charge on any atom is 0.253 e. The van der Waals surface area contributed by atoms with E-state index in [-0.39, 0.29) is 11.9 Å². The van der Waals surface area contributed by atoms with Gasteiger partial charge in [-0.3, -0.25) is 4.79 Å². The van der Waals surface area contributed by atoms with E-state index in [4.69, 9.17) is 5.73 Å². The Labute approximate surface area is 109 Å². The maximum absolute atomic E-state index is 12.1. The van der Waals surface area contributed by atoms with Crippen molar-refractivity contribution in [3.8, 4) is 0 Å². The monoisotopic (exact) mass is 249 g/mol. The molecule has 1 aromatic rings. The van der Waals surface area contributed by atoms with Crippen LogP contribution in [0.15, 0.2) is 18.2 Å². The summed E-state index contributed by atoms with van der Waals surface area (Å²) in [5.41, 5.74) is 7.77. The molecule has 0 bridgehead atoms. The molecule has 4 nitrogen and oxygen atoms in total. The predicted octanol–water partition coefficient (Wildman–Crippen LogP) is 2.47. The van der Waals surface area contributed by atoms with Crippen LogP contribution in [-0.2, 0) is 0 Å². The first-order valence-electron chi connectivity index (χ1n) is 6.34. The molecule has 0 radical (unpaired) electrons. The number of benzene rings is 1. The van der Waals surface area contributed by atoms with E-state index in [2.05, 4.69) is 24.5 Å². The van der Waals surface area contributed by atoms with Gasteiger partial charge in [0.25, 0.3) is 5.91 Å². The number of hydrogen-bond acceptors (Lipinski definition) is 3. The molecule has 0 aliphatic heterocycles. The van der Waals surface area contributed by atoms with Gasteiger partial charge >= 0.3 is 0 Å². The maximum atomic E-state index is 12.1. The van der Waals surface area contributed by atoms with E-state index in [0.717, 1.165) is 12.2 Å². The van der Waals surface area contributed by atoms with Crippen LogP contribution in [0.4, 0.5) is 11.4 Å². The van der Waals surface area contributed by atoms with Gasteiger partial charge in [-0.15, -0.1) is 0 Å². The third-order valence-electron chi connectivity index (χ3n) is 2.41. The lowest BCUT2D eigenvalue weighted by atomic mass is 10.1. The number of nitrogens with one attached hydrogen (secondary N) is 2. The van der Waals surface area contributed by atoms with Crippen LogP contribution < -0.4 is 16.4 Å². The molecule has 0 aliphatic carbocycles. The van der Waals surface area contributed by atoms with E-state index in [1.807, 2.05) is 19.9 Å². The average molecular weight is 249 g/mol. The molecule has 0 atom stereocenters. The van der Waals surface area contributed by atoms with Crippen molar-refractivity contribution < 1.29 is 4.79 Å². The zero-order valence-electron chi connectivity index (χ0n) is 11.6. The summed E-state index contributed by atoms with van der Waals surface area (Å²) in [5, 5.41) is 6.16. The van der Waals surface area contributed by atoms with Crippen LogP contribution in [0, 0.1) is 5.92 Å². The van der Waals surface area contributed by atoms with Gasteiger partial charge in [-0.25, -0.2) is 0 Å². The Morgan fingerprint density at radius 2 is 1.94 bits per heavy atom. The fourth-order valence-corrected chi connectivity index (χ4v) is 1.56. The molecule has 0 spiro atoms. The van der Waals surface area contributed by atoms with Gasteiger partial charge < -0.3 is 16.4 Å². The first-order valence-corrected chi connectivity index (χ1v) is 6.34. The second-order valence-corrected chi connectivity index (χ2v) is 5.21. The van der Waals surface area contributed by atoms with Crippen LogP contribution in [0.1, 0.15) is 38.1 Å². The predicted molar refractivity (Wildman–Crippen MR) is 76.8 cm³/mol. The number of hydrogen-bond donors (Lipinski definition) is 3. The van der Waals surface area contributed by atoms with Crippen LogP contribution in [-0.4, -0.2) is 18.5 Å². The second kappa shape index (κ2) is 6.28. The fourth-order valence-electron chi connectivity index (χ4n) is 1.56. The number of anilines is 2. The normalized spacial score (nSPS) is 10.8. The number of carbonyl (C=O) groups is 1. The second-order valence-electron chi connectivity index (χ2n) is 5.21. The minimum Gasteiger partial charge on any atom is -0.399 e. The molecule has 0 heterocycles. The average Bonchev–Trinajstić information content (AvgIpc) is 2.26. The number of nitrogens with two attached hydrogens (primary N) is 1. The van der Waals surface area contributed by atoms with Crippen LogP contribution in [0.3, 0.4) is 0 Å². The molecule has 18 heavy (non-hydrogen) atoms. The third-order valence-corrected chi connectivity index (χ3v) is 2.41. The van der Waals surface area contributed by atoms with Crippen molar-refractivity contribution in [2.75, 3.05) is 17.6 Å². The molecule has 100 valence electrons. The van der Waals surface area contributed by atoms with Gasteiger partial charge in [0.05, 0.1) is 5.56 Å². The Hall–Kier alpha value is -1.71. The van der Waals surface area contributed by atoms with Crippen LogP contribution >= 0.6 is 0 Å². The van der Waals surface area contributed by atoms with Gasteiger partial charge in [-0.2, -0.15) is 0 Å². The van der Waals surface area contributed by atoms with E-state index in [1.165, 1.54) is 0 Å². The van der Waals surface area contributed by atoms with Gasteiger partial charge in [-0.1, -0.05) is 13.8 Å². The highest BCUT2D eigenvalue weighted by molar-refractivity contribution is 6.00. The molecular weight excluding hydrogens is 226 g/mol. The van der Waals surface area contributed by atoms with Gasteiger partial charge in [-0.05, 0) is 38.0 Å². The van der Waals surface area contributed by atoms with Crippen molar-refractivity contribution in [3.63, 3.8) is 0 Å². The first-order chi connectivity index (χ1) is 8.40. The van der Waals surface area contributed by atoms with Gasteiger partial charge in [0.1, 0.15) is 0 Å². The molecule has 1 rings (SSSR count). The van der Waals surface area contributed by atoms with Crippen LogP contribution in [0.2, 0.25) is 0 Å². The topological polar surface area (TPSA) is 67.1 Å². The fraction of sp³-hybridized carbons (Fsp3) is 0.500. The summed E-state index contributed by atoms with van der Waals surface area (Å²) in [6.07, 6.45) is 0. The first kappa shape index (κ1) is 14.4. The lowest BCUT2D eigenvalue weighted by molar-refractivity contribution is 0.0944. The molecular formula is C14H23N3O. The zero-order valence-corrected chi connectivity index (χ0v) is 11.6. The highest BCUT2D eigenvalue weighted by Gasteiger charge is 2.12. The van der Waals surface area contributed by atoms with Gasteiger partial charge in [0.2, 0.25) is 0 Å². The summed E-state index contributed by atoms with van der Waals surface area (Å²) in [6, 6.07) is 5.47. The lowest BCUT2D eigenvalue weighted by Crippen LogP contribution is -2.31. The molecule has 0 unspecified atom stereocenters. The number of rotatable bonds is 5. The Bertz CT molecular complexity index is 414. The van der Waals surface area contributed by atoms with E-state index in [0.29, 0.717) is 17.2 Å². The molecule has 0 saturated carbocycles. The van der Waals surface area contributed by atoms with E-state index in [1.54, 1.807) is 12.1 Å². The molecule has 4 heteroatoms. The SMILES string of the molecule is CC(C)CNc1ccc(N)cc1C(=O)NC(C)C. The molecule has 1 amide bonds. The minimum absolute atomic E-state index is 0.0939. The van der Waals surface area contributed by atoms with Crippen LogP contribution in [0.25, 0.3) is 0 Å². The molecule has 0 aromatic heterocycles. The number of amides is 1. The third kappa shape index (κ3) is 4.28. The number of carbonyl (C=O) groups excluding carboxylic acids is 1. The highest BCUT2D eigenvalue weighted by atomic mass is 16.1. The standard InChI is InChI=1S/C14H23N3O/c1-9(2)8-16-13-6-5-11(15)7-12(13)14(18)17-10(3)4/h5-7,9-10,16H,8,15H2,1-4H3,(H,17,18). The van der Waals surface area contributed by atoms with Crippen molar-refractivity contribution in [1.82, 2.24) is 5.32 Å². The quantitative estimate of drug-likeness (QED) is 0.702. The summed E-state index contributed by atoms with van der Waals surface area (Å²) < 4.78 is 0. The van der Waals surface area contributed by atoms with E-state index < -0.39 is 0 Å². The Morgan fingerprint density at radius 1 is 1.28 bits per heavy atom. The van der Waals surface area contributed by atoms with Crippen molar-refractivity contribution in [1.29, 1.82) is 0 Å².